The van der Waals surface area contributed by atoms with Gasteiger partial charge in [0.15, 0.2) is 0 Å². The van der Waals surface area contributed by atoms with Crippen LogP contribution in [0.25, 0.3) is 5.65 Å². The fourth-order valence-corrected chi connectivity index (χ4v) is 5.48. The molecule has 2 aromatic heterocycles. The summed E-state index contributed by atoms with van der Waals surface area (Å²) >= 11 is 2.80. The number of benzene rings is 1. The molecule has 0 saturated carbocycles. The zero-order chi connectivity index (χ0) is 22.3. The summed E-state index contributed by atoms with van der Waals surface area (Å²) in [7, 11) is 1.65. The van der Waals surface area contributed by atoms with Crippen LogP contribution in [-0.4, -0.2) is 44.8 Å². The van der Waals surface area contributed by atoms with E-state index in [-0.39, 0.29) is 23.6 Å². The number of thioether (sulfide) groups is 2. The summed E-state index contributed by atoms with van der Waals surface area (Å²) in [5, 5.41) is 0.971. The van der Waals surface area contributed by atoms with Crippen molar-refractivity contribution in [3.05, 3.63) is 71.4 Å². The first kappa shape index (κ1) is 25.2. The van der Waals surface area contributed by atoms with E-state index in [1.807, 2.05) is 48.7 Å². The van der Waals surface area contributed by atoms with Gasteiger partial charge in [0.25, 0.3) is 11.1 Å². The SMILES string of the molecule is COc1ccccc1CCC=C1SC(=O)N(CCCCSc2cccc3nccn23)C1=O.Cl. The molecule has 1 aromatic carbocycles. The van der Waals surface area contributed by atoms with Gasteiger partial charge < -0.3 is 4.74 Å². The molecular weight excluding hydrogens is 478 g/mol. The van der Waals surface area contributed by atoms with Crippen LogP contribution in [0.15, 0.2) is 70.9 Å². The maximum atomic E-state index is 12.7. The number of aromatic nitrogens is 2. The lowest BCUT2D eigenvalue weighted by Gasteiger charge is -2.12. The van der Waals surface area contributed by atoms with Gasteiger partial charge in [-0.3, -0.25) is 18.9 Å². The van der Waals surface area contributed by atoms with E-state index in [2.05, 4.69) is 15.5 Å². The Labute approximate surface area is 208 Å². The van der Waals surface area contributed by atoms with E-state index >= 15 is 0 Å². The predicted molar refractivity (Wildman–Crippen MR) is 136 cm³/mol. The van der Waals surface area contributed by atoms with Crippen LogP contribution in [0.2, 0.25) is 0 Å². The number of pyridine rings is 1. The molecule has 0 atom stereocenters. The van der Waals surface area contributed by atoms with Crippen LogP contribution in [0.4, 0.5) is 4.79 Å². The number of imidazole rings is 1. The Hall–Kier alpha value is -2.42. The molecule has 0 aliphatic carbocycles. The molecule has 0 bridgehead atoms. The van der Waals surface area contributed by atoms with Crippen LogP contribution >= 0.6 is 35.9 Å². The van der Waals surface area contributed by atoms with Gasteiger partial charge in [0.2, 0.25) is 0 Å². The molecule has 4 rings (SSSR count). The maximum absolute atomic E-state index is 12.7. The minimum absolute atomic E-state index is 0. The first-order valence-electron chi connectivity index (χ1n) is 10.6. The molecular formula is C24H26ClN3O3S2. The normalized spacial score (nSPS) is 14.8. The summed E-state index contributed by atoms with van der Waals surface area (Å²) in [4.78, 5) is 31.2. The number of fused-ring (bicyclic) bond motifs is 1. The van der Waals surface area contributed by atoms with E-state index in [1.54, 1.807) is 25.1 Å². The van der Waals surface area contributed by atoms with Crippen LogP contribution in [0, 0.1) is 0 Å². The Balaban J connectivity index is 0.00000306. The number of carbonyl (C=O) groups excluding carboxylic acids is 2. The van der Waals surface area contributed by atoms with E-state index in [4.69, 9.17) is 4.74 Å². The number of methoxy groups -OCH3 is 1. The predicted octanol–water partition coefficient (Wildman–Crippen LogP) is 5.85. The largest absolute Gasteiger partial charge is 0.496 e. The van der Waals surface area contributed by atoms with Crippen molar-refractivity contribution in [1.82, 2.24) is 14.3 Å². The number of carbonyl (C=O) groups is 2. The van der Waals surface area contributed by atoms with Gasteiger partial charge in [-0.25, -0.2) is 4.98 Å². The van der Waals surface area contributed by atoms with E-state index < -0.39 is 0 Å². The second-order valence-electron chi connectivity index (χ2n) is 7.32. The van der Waals surface area contributed by atoms with Gasteiger partial charge in [-0.1, -0.05) is 30.3 Å². The third-order valence-electron chi connectivity index (χ3n) is 5.23. The minimum atomic E-state index is -0.172. The number of para-hydroxylation sites is 1. The first-order chi connectivity index (χ1) is 15.7. The number of nitrogens with zero attached hydrogens (tertiary/aromatic N) is 3. The monoisotopic (exact) mass is 503 g/mol. The molecule has 33 heavy (non-hydrogen) atoms. The molecule has 3 aromatic rings. The van der Waals surface area contributed by atoms with Crippen molar-refractivity contribution < 1.29 is 14.3 Å². The number of ether oxygens (including phenoxy) is 1. The van der Waals surface area contributed by atoms with E-state index in [0.717, 1.165) is 58.8 Å². The lowest BCUT2D eigenvalue weighted by Crippen LogP contribution is -2.29. The number of rotatable bonds is 10. The fraction of sp³-hybridized carbons (Fsp3) is 0.292. The van der Waals surface area contributed by atoms with Gasteiger partial charge in [0, 0.05) is 18.9 Å². The third-order valence-corrected chi connectivity index (χ3v) is 7.30. The maximum Gasteiger partial charge on any atom is 0.293 e. The Bertz CT molecular complexity index is 1150. The summed E-state index contributed by atoms with van der Waals surface area (Å²) in [6.45, 7) is 0.463. The third kappa shape index (κ3) is 6.13. The van der Waals surface area contributed by atoms with Gasteiger partial charge in [0.1, 0.15) is 11.4 Å². The van der Waals surface area contributed by atoms with E-state index in [9.17, 15) is 9.59 Å². The lowest BCUT2D eigenvalue weighted by molar-refractivity contribution is -0.122. The summed E-state index contributed by atoms with van der Waals surface area (Å²) in [6, 6.07) is 13.9. The number of hydrogen-bond donors (Lipinski definition) is 0. The number of aryl methyl sites for hydroxylation is 1. The van der Waals surface area contributed by atoms with Gasteiger partial charge in [0.05, 0.1) is 17.0 Å². The van der Waals surface area contributed by atoms with Gasteiger partial charge in [-0.05, 0) is 67.0 Å². The van der Waals surface area contributed by atoms with Gasteiger partial charge in [-0.2, -0.15) is 0 Å². The number of amides is 2. The number of halogens is 1. The highest BCUT2D eigenvalue weighted by molar-refractivity contribution is 8.18. The molecule has 1 fully saturated rings. The van der Waals surface area contributed by atoms with E-state index in [0.29, 0.717) is 17.9 Å². The second kappa shape index (κ2) is 12.2. The number of allylic oxidation sites excluding steroid dienone is 1. The van der Waals surface area contributed by atoms with Crippen molar-refractivity contribution in [1.29, 1.82) is 0 Å². The second-order valence-corrected chi connectivity index (χ2v) is 9.43. The molecule has 0 N–H and O–H groups in total. The smallest absolute Gasteiger partial charge is 0.293 e. The van der Waals surface area contributed by atoms with Crippen LogP contribution in [0.3, 0.4) is 0 Å². The van der Waals surface area contributed by atoms with Crippen molar-refractivity contribution >= 4 is 52.7 Å². The number of hydrogen-bond acceptors (Lipinski definition) is 6. The number of imide groups is 1. The first-order valence-corrected chi connectivity index (χ1v) is 12.4. The van der Waals surface area contributed by atoms with E-state index in [1.165, 1.54) is 4.90 Å². The quantitative estimate of drug-likeness (QED) is 0.196. The molecule has 9 heteroatoms. The van der Waals surface area contributed by atoms with Gasteiger partial charge in [-0.15, -0.1) is 24.2 Å². The molecule has 0 spiro atoms. The summed E-state index contributed by atoms with van der Waals surface area (Å²) < 4.78 is 7.44. The molecule has 6 nitrogen and oxygen atoms in total. The van der Waals surface area contributed by atoms with Crippen LogP contribution in [-0.2, 0) is 11.2 Å². The van der Waals surface area contributed by atoms with Crippen LogP contribution in [0.5, 0.6) is 5.75 Å². The van der Waals surface area contributed by atoms with Crippen molar-refractivity contribution in [2.24, 2.45) is 0 Å². The highest BCUT2D eigenvalue weighted by atomic mass is 35.5. The Morgan fingerprint density at radius 3 is 2.82 bits per heavy atom. The van der Waals surface area contributed by atoms with Crippen LogP contribution < -0.4 is 4.74 Å². The van der Waals surface area contributed by atoms with Crippen molar-refractivity contribution in [3.63, 3.8) is 0 Å². The molecule has 174 valence electrons. The molecule has 1 aliphatic rings. The summed E-state index contributed by atoms with van der Waals surface area (Å²) in [5.41, 5.74) is 2.03. The van der Waals surface area contributed by atoms with Crippen molar-refractivity contribution in [2.45, 2.75) is 30.7 Å². The Kier molecular flexibility index (Phi) is 9.29. The highest BCUT2D eigenvalue weighted by Crippen LogP contribution is 2.32. The highest BCUT2D eigenvalue weighted by Gasteiger charge is 2.34. The zero-order valence-corrected chi connectivity index (χ0v) is 20.8. The lowest BCUT2D eigenvalue weighted by atomic mass is 10.1. The van der Waals surface area contributed by atoms with Gasteiger partial charge >= 0.3 is 0 Å². The van der Waals surface area contributed by atoms with Crippen molar-refractivity contribution in [3.8, 4) is 5.75 Å². The summed E-state index contributed by atoms with van der Waals surface area (Å²) in [5.74, 6) is 1.59. The minimum Gasteiger partial charge on any atom is -0.496 e. The Morgan fingerprint density at radius 2 is 1.97 bits per heavy atom. The standard InChI is InChI=1S/C24H25N3O3S2.ClH/c1-30-19-10-3-2-8-18(19)9-6-11-20-23(28)27(24(29)32-20)15-4-5-17-31-22-13-7-12-21-25-14-16-26(21)22;/h2-3,7-8,10-14,16H,4-6,9,15,17H2,1H3;1H. The van der Waals surface area contributed by atoms with Crippen LogP contribution in [0.1, 0.15) is 24.8 Å². The average Bonchev–Trinajstić information content (AvgIpc) is 3.39. The molecule has 2 amide bonds. The molecule has 0 unspecified atom stereocenters. The van der Waals surface area contributed by atoms with Crippen molar-refractivity contribution in [2.75, 3.05) is 19.4 Å². The molecule has 1 saturated heterocycles. The average molecular weight is 504 g/mol. The Morgan fingerprint density at radius 1 is 1.12 bits per heavy atom. The topological polar surface area (TPSA) is 63.9 Å². The zero-order valence-electron chi connectivity index (χ0n) is 18.3. The number of unbranched alkanes of at least 4 members (excludes halogenated alkanes) is 1. The fourth-order valence-electron chi connectivity index (χ4n) is 3.59. The molecule has 1 aliphatic heterocycles. The molecule has 3 heterocycles. The molecule has 0 radical (unpaired) electrons. The summed E-state index contributed by atoms with van der Waals surface area (Å²) in [6.07, 6.45) is 8.78.